The summed E-state index contributed by atoms with van der Waals surface area (Å²) in [4.78, 5) is 17.6. The molecule has 0 saturated heterocycles. The zero-order chi connectivity index (χ0) is 17.4. The van der Waals surface area contributed by atoms with Crippen LogP contribution >= 0.6 is 0 Å². The van der Waals surface area contributed by atoms with E-state index in [2.05, 4.69) is 25.8 Å². The summed E-state index contributed by atoms with van der Waals surface area (Å²) in [7, 11) is 1.74. The molecule has 0 fully saturated rings. The van der Waals surface area contributed by atoms with Crippen LogP contribution in [0.2, 0.25) is 0 Å². The average molecular weight is 333 g/mol. The molecule has 2 aromatic heterocycles. The topological polar surface area (TPSA) is 88.3 Å². The summed E-state index contributed by atoms with van der Waals surface area (Å²) in [6.07, 6.45) is 0. The van der Waals surface area contributed by atoms with Crippen molar-refractivity contribution in [3.8, 4) is 0 Å². The van der Waals surface area contributed by atoms with Crippen LogP contribution in [0, 0.1) is 0 Å². The summed E-state index contributed by atoms with van der Waals surface area (Å²) in [5.74, 6) is 0.546. The summed E-state index contributed by atoms with van der Waals surface area (Å²) >= 11 is 0. The predicted molar refractivity (Wildman–Crippen MR) is 94.9 cm³/mol. The standard InChI is InChI=1S/C17H15N7O/c1-11(25)23(2)13-9-7-12(8-10-13)18-16-17-20-21-22-24(17)15-6-4-3-5-14(15)19-16/h3-10H,1-2H3,(H,18,19). The van der Waals surface area contributed by atoms with Crippen LogP contribution in [-0.2, 0) is 4.79 Å². The molecule has 0 radical (unpaired) electrons. The second-order valence-corrected chi connectivity index (χ2v) is 5.61. The highest BCUT2D eigenvalue weighted by Gasteiger charge is 2.12. The zero-order valence-corrected chi connectivity index (χ0v) is 13.7. The molecule has 25 heavy (non-hydrogen) atoms. The minimum absolute atomic E-state index is 0.0202. The maximum atomic E-state index is 11.4. The van der Waals surface area contributed by atoms with Gasteiger partial charge in [-0.3, -0.25) is 4.79 Å². The highest BCUT2D eigenvalue weighted by atomic mass is 16.2. The van der Waals surface area contributed by atoms with E-state index in [-0.39, 0.29) is 5.91 Å². The summed E-state index contributed by atoms with van der Waals surface area (Å²) in [6.45, 7) is 1.53. The SMILES string of the molecule is CC(=O)N(C)c1ccc(Nc2nc3ccccc3n3nnnc23)cc1. The van der Waals surface area contributed by atoms with Gasteiger partial charge >= 0.3 is 0 Å². The maximum Gasteiger partial charge on any atom is 0.223 e. The van der Waals surface area contributed by atoms with E-state index in [4.69, 9.17) is 0 Å². The van der Waals surface area contributed by atoms with Crippen LogP contribution in [0.5, 0.6) is 0 Å². The first-order valence-corrected chi connectivity index (χ1v) is 7.72. The summed E-state index contributed by atoms with van der Waals surface area (Å²) in [5, 5.41) is 15.1. The van der Waals surface area contributed by atoms with Gasteiger partial charge in [0.05, 0.1) is 11.0 Å². The van der Waals surface area contributed by atoms with Gasteiger partial charge in [0.2, 0.25) is 11.6 Å². The minimum atomic E-state index is -0.0202. The van der Waals surface area contributed by atoms with Gasteiger partial charge in [0, 0.05) is 25.3 Å². The predicted octanol–water partition coefficient (Wildman–Crippen LogP) is 2.40. The van der Waals surface area contributed by atoms with Crippen molar-refractivity contribution in [3.63, 3.8) is 0 Å². The molecule has 0 spiro atoms. The van der Waals surface area contributed by atoms with Crippen molar-refractivity contribution in [2.45, 2.75) is 6.92 Å². The van der Waals surface area contributed by atoms with Gasteiger partial charge < -0.3 is 10.2 Å². The molecule has 2 aromatic carbocycles. The van der Waals surface area contributed by atoms with E-state index in [1.54, 1.807) is 16.5 Å². The number of hydrogen-bond donors (Lipinski definition) is 1. The molecule has 0 unspecified atom stereocenters. The van der Waals surface area contributed by atoms with Crippen molar-refractivity contribution >= 4 is 39.8 Å². The second kappa shape index (κ2) is 5.82. The van der Waals surface area contributed by atoms with Crippen LogP contribution in [0.25, 0.3) is 16.7 Å². The van der Waals surface area contributed by atoms with Crippen LogP contribution in [0.15, 0.2) is 48.5 Å². The number of rotatable bonds is 3. The van der Waals surface area contributed by atoms with E-state index in [0.717, 1.165) is 22.4 Å². The van der Waals surface area contributed by atoms with Gasteiger partial charge in [0.1, 0.15) is 0 Å². The number of aromatic nitrogens is 5. The Labute approximate surface area is 143 Å². The van der Waals surface area contributed by atoms with Crippen LogP contribution in [0.3, 0.4) is 0 Å². The van der Waals surface area contributed by atoms with Crippen LogP contribution in [0.1, 0.15) is 6.92 Å². The number of para-hydroxylation sites is 2. The third kappa shape index (κ3) is 2.63. The Morgan fingerprint density at radius 1 is 1.12 bits per heavy atom. The Hall–Kier alpha value is -3.55. The number of carbonyl (C=O) groups is 1. The molecule has 1 amide bonds. The lowest BCUT2D eigenvalue weighted by molar-refractivity contribution is -0.116. The molecule has 8 nitrogen and oxygen atoms in total. The number of tetrazole rings is 1. The summed E-state index contributed by atoms with van der Waals surface area (Å²) < 4.78 is 1.66. The number of anilines is 3. The Morgan fingerprint density at radius 3 is 2.64 bits per heavy atom. The van der Waals surface area contributed by atoms with E-state index < -0.39 is 0 Å². The molecule has 0 atom stereocenters. The molecule has 4 aromatic rings. The molecular formula is C17H15N7O. The fourth-order valence-electron chi connectivity index (χ4n) is 2.58. The van der Waals surface area contributed by atoms with Gasteiger partial charge in [0.25, 0.3) is 0 Å². The number of nitrogens with zero attached hydrogens (tertiary/aromatic N) is 6. The van der Waals surface area contributed by atoms with E-state index in [1.807, 2.05) is 48.5 Å². The lowest BCUT2D eigenvalue weighted by Gasteiger charge is -2.15. The Bertz CT molecular complexity index is 1070. The summed E-state index contributed by atoms with van der Waals surface area (Å²) in [5.41, 5.74) is 3.82. The number of carbonyl (C=O) groups excluding carboxylic acids is 1. The van der Waals surface area contributed by atoms with Crippen molar-refractivity contribution in [1.82, 2.24) is 25.0 Å². The first-order chi connectivity index (χ1) is 12.1. The van der Waals surface area contributed by atoms with Gasteiger partial charge in [0.15, 0.2) is 5.82 Å². The van der Waals surface area contributed by atoms with E-state index in [9.17, 15) is 4.79 Å². The number of hydrogen-bond acceptors (Lipinski definition) is 6. The quantitative estimate of drug-likeness (QED) is 0.619. The van der Waals surface area contributed by atoms with E-state index >= 15 is 0 Å². The molecule has 4 rings (SSSR count). The van der Waals surface area contributed by atoms with Gasteiger partial charge in [-0.2, -0.15) is 4.52 Å². The third-order valence-corrected chi connectivity index (χ3v) is 4.01. The highest BCUT2D eigenvalue weighted by Crippen LogP contribution is 2.24. The normalized spacial score (nSPS) is 11.0. The molecule has 2 heterocycles. The first kappa shape index (κ1) is 15.0. The van der Waals surface area contributed by atoms with Crippen LogP contribution in [-0.4, -0.2) is 38.0 Å². The lowest BCUT2D eigenvalue weighted by Crippen LogP contribution is -2.22. The first-order valence-electron chi connectivity index (χ1n) is 7.72. The summed E-state index contributed by atoms with van der Waals surface area (Å²) in [6, 6.07) is 15.2. The molecular weight excluding hydrogens is 318 g/mol. The molecule has 124 valence electrons. The molecule has 0 aliphatic heterocycles. The van der Waals surface area contributed by atoms with Crippen molar-refractivity contribution in [1.29, 1.82) is 0 Å². The Kier molecular flexibility index (Phi) is 3.50. The van der Waals surface area contributed by atoms with Crippen molar-refractivity contribution in [2.75, 3.05) is 17.3 Å². The van der Waals surface area contributed by atoms with Crippen molar-refractivity contribution in [3.05, 3.63) is 48.5 Å². The van der Waals surface area contributed by atoms with Crippen LogP contribution in [0.4, 0.5) is 17.2 Å². The monoisotopic (exact) mass is 333 g/mol. The molecule has 0 aliphatic carbocycles. The van der Waals surface area contributed by atoms with Crippen LogP contribution < -0.4 is 10.2 Å². The number of benzene rings is 2. The number of fused-ring (bicyclic) bond motifs is 3. The second-order valence-electron chi connectivity index (χ2n) is 5.61. The number of nitrogens with one attached hydrogen (secondary N) is 1. The number of amides is 1. The van der Waals surface area contributed by atoms with Gasteiger partial charge in [-0.25, -0.2) is 4.98 Å². The van der Waals surface area contributed by atoms with E-state index in [1.165, 1.54) is 6.92 Å². The smallest absolute Gasteiger partial charge is 0.223 e. The zero-order valence-electron chi connectivity index (χ0n) is 13.7. The molecule has 0 aliphatic rings. The fraction of sp³-hybridized carbons (Fsp3) is 0.118. The maximum absolute atomic E-state index is 11.4. The minimum Gasteiger partial charge on any atom is -0.337 e. The molecule has 0 saturated carbocycles. The Morgan fingerprint density at radius 2 is 1.88 bits per heavy atom. The molecule has 8 heteroatoms. The highest BCUT2D eigenvalue weighted by molar-refractivity contribution is 5.91. The fourth-order valence-corrected chi connectivity index (χ4v) is 2.58. The van der Waals surface area contributed by atoms with Crippen molar-refractivity contribution < 1.29 is 4.79 Å². The Balaban J connectivity index is 1.72. The van der Waals surface area contributed by atoms with E-state index in [0.29, 0.717) is 11.5 Å². The molecule has 0 bridgehead atoms. The lowest BCUT2D eigenvalue weighted by atomic mass is 10.2. The van der Waals surface area contributed by atoms with Gasteiger partial charge in [-0.15, -0.1) is 5.10 Å². The van der Waals surface area contributed by atoms with Gasteiger partial charge in [-0.05, 0) is 46.8 Å². The van der Waals surface area contributed by atoms with Gasteiger partial charge in [-0.1, -0.05) is 12.1 Å². The van der Waals surface area contributed by atoms with Crippen molar-refractivity contribution in [2.24, 2.45) is 0 Å². The average Bonchev–Trinajstić information content (AvgIpc) is 3.12. The largest absolute Gasteiger partial charge is 0.337 e. The molecule has 1 N–H and O–H groups in total. The third-order valence-electron chi connectivity index (χ3n) is 4.01.